The van der Waals surface area contributed by atoms with Crippen molar-refractivity contribution in [1.29, 1.82) is 0 Å². The standard InChI is InChI=1S/C17H12F3N3O2/c1-10-3-2-8-21-14(10)23-15(24)13-9-25-16(22-13)11-4-6-12(7-5-11)17(18,19)20/h2-9H,1H3,(H,21,23,24). The van der Waals surface area contributed by atoms with Gasteiger partial charge in [-0.2, -0.15) is 13.2 Å². The molecule has 0 spiro atoms. The van der Waals surface area contributed by atoms with Crippen LogP contribution in [-0.4, -0.2) is 15.9 Å². The Bertz CT molecular complexity index is 902. The van der Waals surface area contributed by atoms with Crippen LogP contribution in [0.15, 0.2) is 53.3 Å². The van der Waals surface area contributed by atoms with Gasteiger partial charge < -0.3 is 9.73 Å². The molecule has 0 bridgehead atoms. The number of carbonyl (C=O) groups is 1. The number of benzene rings is 1. The van der Waals surface area contributed by atoms with Crippen molar-refractivity contribution in [3.63, 3.8) is 0 Å². The van der Waals surface area contributed by atoms with Gasteiger partial charge in [0, 0.05) is 11.8 Å². The highest BCUT2D eigenvalue weighted by Gasteiger charge is 2.30. The first-order chi connectivity index (χ1) is 11.8. The van der Waals surface area contributed by atoms with Crippen LogP contribution < -0.4 is 5.32 Å². The summed E-state index contributed by atoms with van der Waals surface area (Å²) in [5, 5.41) is 2.60. The molecule has 0 aliphatic carbocycles. The molecular formula is C17H12F3N3O2. The van der Waals surface area contributed by atoms with Crippen LogP contribution in [0, 0.1) is 6.92 Å². The van der Waals surface area contributed by atoms with Crippen LogP contribution in [0.25, 0.3) is 11.5 Å². The lowest BCUT2D eigenvalue weighted by molar-refractivity contribution is -0.137. The van der Waals surface area contributed by atoms with Crippen molar-refractivity contribution in [3.05, 3.63) is 65.7 Å². The molecule has 0 saturated heterocycles. The van der Waals surface area contributed by atoms with Crippen LogP contribution in [0.3, 0.4) is 0 Å². The van der Waals surface area contributed by atoms with E-state index in [1.54, 1.807) is 25.3 Å². The van der Waals surface area contributed by atoms with Gasteiger partial charge in [0.2, 0.25) is 5.89 Å². The van der Waals surface area contributed by atoms with E-state index in [1.165, 1.54) is 12.1 Å². The van der Waals surface area contributed by atoms with E-state index in [4.69, 9.17) is 4.42 Å². The highest BCUT2D eigenvalue weighted by atomic mass is 19.4. The molecule has 2 heterocycles. The van der Waals surface area contributed by atoms with Gasteiger partial charge in [0.1, 0.15) is 12.1 Å². The summed E-state index contributed by atoms with van der Waals surface area (Å²) in [5.41, 5.74) is 0.342. The van der Waals surface area contributed by atoms with E-state index in [-0.39, 0.29) is 11.6 Å². The molecule has 3 aromatic rings. The molecule has 25 heavy (non-hydrogen) atoms. The van der Waals surface area contributed by atoms with Gasteiger partial charge in [-0.05, 0) is 42.8 Å². The van der Waals surface area contributed by atoms with Crippen molar-refractivity contribution >= 4 is 11.7 Å². The summed E-state index contributed by atoms with van der Waals surface area (Å²) in [6.45, 7) is 1.79. The normalized spacial score (nSPS) is 11.4. The first kappa shape index (κ1) is 16.7. The second-order valence-corrected chi connectivity index (χ2v) is 5.24. The first-order valence-corrected chi connectivity index (χ1v) is 7.21. The molecule has 1 aromatic carbocycles. The van der Waals surface area contributed by atoms with Gasteiger partial charge in [-0.25, -0.2) is 9.97 Å². The second kappa shape index (κ2) is 6.39. The number of rotatable bonds is 3. The third kappa shape index (κ3) is 3.68. The number of amides is 1. The number of anilines is 1. The van der Waals surface area contributed by atoms with E-state index >= 15 is 0 Å². The largest absolute Gasteiger partial charge is 0.444 e. The lowest BCUT2D eigenvalue weighted by Crippen LogP contribution is -2.14. The number of halogens is 3. The Hall–Kier alpha value is -3.16. The molecule has 0 radical (unpaired) electrons. The number of nitrogens with zero attached hydrogens (tertiary/aromatic N) is 2. The summed E-state index contributed by atoms with van der Waals surface area (Å²) in [6.07, 6.45) is -1.74. The Kier molecular flexibility index (Phi) is 4.26. The van der Waals surface area contributed by atoms with E-state index in [9.17, 15) is 18.0 Å². The van der Waals surface area contributed by atoms with E-state index < -0.39 is 17.6 Å². The van der Waals surface area contributed by atoms with Crippen molar-refractivity contribution in [2.24, 2.45) is 0 Å². The predicted molar refractivity (Wildman–Crippen MR) is 83.9 cm³/mol. The molecule has 1 N–H and O–H groups in total. The molecule has 0 unspecified atom stereocenters. The highest BCUT2D eigenvalue weighted by molar-refractivity contribution is 6.02. The van der Waals surface area contributed by atoms with Gasteiger partial charge >= 0.3 is 6.18 Å². The third-order valence-electron chi connectivity index (χ3n) is 3.44. The topological polar surface area (TPSA) is 68.0 Å². The summed E-state index contributed by atoms with van der Waals surface area (Å²) >= 11 is 0. The zero-order chi connectivity index (χ0) is 18.0. The Morgan fingerprint density at radius 2 is 1.88 bits per heavy atom. The Balaban J connectivity index is 1.78. The average Bonchev–Trinajstić information content (AvgIpc) is 3.06. The van der Waals surface area contributed by atoms with E-state index in [0.29, 0.717) is 11.4 Å². The monoisotopic (exact) mass is 347 g/mol. The maximum atomic E-state index is 12.6. The molecule has 0 atom stereocenters. The molecule has 5 nitrogen and oxygen atoms in total. The quantitative estimate of drug-likeness (QED) is 0.766. The second-order valence-electron chi connectivity index (χ2n) is 5.24. The summed E-state index contributed by atoms with van der Waals surface area (Å²) in [5.74, 6) is -0.0769. The lowest BCUT2D eigenvalue weighted by atomic mass is 10.1. The number of alkyl halides is 3. The van der Waals surface area contributed by atoms with Crippen LogP contribution in [-0.2, 0) is 6.18 Å². The minimum atomic E-state index is -4.42. The third-order valence-corrected chi connectivity index (χ3v) is 3.44. The number of nitrogens with one attached hydrogen (secondary N) is 1. The lowest BCUT2D eigenvalue weighted by Gasteiger charge is -2.06. The number of aryl methyl sites for hydroxylation is 1. The minimum absolute atomic E-state index is 0.0000454. The maximum Gasteiger partial charge on any atom is 0.416 e. The van der Waals surface area contributed by atoms with Gasteiger partial charge in [0.05, 0.1) is 5.56 Å². The van der Waals surface area contributed by atoms with Crippen molar-refractivity contribution in [3.8, 4) is 11.5 Å². The Morgan fingerprint density at radius 3 is 2.52 bits per heavy atom. The molecule has 1 amide bonds. The fourth-order valence-electron chi connectivity index (χ4n) is 2.10. The molecule has 0 saturated carbocycles. The number of aromatic nitrogens is 2. The number of carbonyl (C=O) groups excluding carboxylic acids is 1. The Morgan fingerprint density at radius 1 is 1.16 bits per heavy atom. The SMILES string of the molecule is Cc1cccnc1NC(=O)c1coc(-c2ccc(C(F)(F)F)cc2)n1. The van der Waals surface area contributed by atoms with E-state index in [1.807, 2.05) is 0 Å². The highest BCUT2D eigenvalue weighted by Crippen LogP contribution is 2.30. The molecule has 3 rings (SSSR count). The summed E-state index contributed by atoms with van der Waals surface area (Å²) in [7, 11) is 0. The van der Waals surface area contributed by atoms with Crippen molar-refractivity contribution in [2.45, 2.75) is 13.1 Å². The smallest absolute Gasteiger partial charge is 0.416 e. The van der Waals surface area contributed by atoms with Crippen LogP contribution in [0.2, 0.25) is 0 Å². The first-order valence-electron chi connectivity index (χ1n) is 7.21. The minimum Gasteiger partial charge on any atom is -0.444 e. The van der Waals surface area contributed by atoms with E-state index in [0.717, 1.165) is 24.0 Å². The summed E-state index contributed by atoms with van der Waals surface area (Å²) < 4.78 is 42.9. The number of oxazole rings is 1. The molecule has 0 fully saturated rings. The van der Waals surface area contributed by atoms with Crippen molar-refractivity contribution < 1.29 is 22.4 Å². The fraction of sp³-hybridized carbons (Fsp3) is 0.118. The molecular weight excluding hydrogens is 335 g/mol. The van der Waals surface area contributed by atoms with Crippen LogP contribution in [0.4, 0.5) is 19.0 Å². The average molecular weight is 347 g/mol. The number of hydrogen-bond acceptors (Lipinski definition) is 4. The maximum absolute atomic E-state index is 12.6. The van der Waals surface area contributed by atoms with Gasteiger partial charge in [-0.3, -0.25) is 4.79 Å². The van der Waals surface area contributed by atoms with Crippen molar-refractivity contribution in [1.82, 2.24) is 9.97 Å². The zero-order valence-electron chi connectivity index (χ0n) is 13.0. The molecule has 0 aliphatic rings. The van der Waals surface area contributed by atoms with Crippen LogP contribution in [0.5, 0.6) is 0 Å². The Labute approximate surface area is 140 Å². The molecule has 2 aromatic heterocycles. The number of hydrogen-bond donors (Lipinski definition) is 1. The van der Waals surface area contributed by atoms with E-state index in [2.05, 4.69) is 15.3 Å². The molecule has 128 valence electrons. The fourth-order valence-corrected chi connectivity index (χ4v) is 2.10. The molecule has 8 heteroatoms. The summed E-state index contributed by atoms with van der Waals surface area (Å²) in [4.78, 5) is 20.2. The van der Waals surface area contributed by atoms with Gasteiger partial charge in [-0.15, -0.1) is 0 Å². The van der Waals surface area contributed by atoms with Gasteiger partial charge in [-0.1, -0.05) is 6.07 Å². The van der Waals surface area contributed by atoms with Crippen LogP contribution in [0.1, 0.15) is 21.6 Å². The molecule has 0 aliphatic heterocycles. The van der Waals surface area contributed by atoms with Crippen molar-refractivity contribution in [2.75, 3.05) is 5.32 Å². The number of pyridine rings is 1. The zero-order valence-corrected chi connectivity index (χ0v) is 13.0. The van der Waals surface area contributed by atoms with Gasteiger partial charge in [0.15, 0.2) is 5.69 Å². The predicted octanol–water partition coefficient (Wildman–Crippen LogP) is 4.32. The van der Waals surface area contributed by atoms with Crippen LogP contribution >= 0.6 is 0 Å². The summed E-state index contributed by atoms with van der Waals surface area (Å²) in [6, 6.07) is 7.86. The van der Waals surface area contributed by atoms with Gasteiger partial charge in [0.25, 0.3) is 5.91 Å².